The van der Waals surface area contributed by atoms with Crippen LogP contribution in [0.2, 0.25) is 0 Å². The first-order chi connectivity index (χ1) is 9.50. The molecule has 1 saturated heterocycles. The topological polar surface area (TPSA) is 106 Å². The second kappa shape index (κ2) is 8.77. The van der Waals surface area contributed by atoms with Crippen LogP contribution in [0.3, 0.4) is 0 Å². The average Bonchev–Trinajstić information content (AvgIpc) is 2.46. The van der Waals surface area contributed by atoms with Crippen LogP contribution in [0.1, 0.15) is 17.3 Å². The van der Waals surface area contributed by atoms with Gasteiger partial charge in [-0.15, -0.1) is 24.8 Å². The summed E-state index contributed by atoms with van der Waals surface area (Å²) in [5.41, 5.74) is 11.4. The Morgan fingerprint density at radius 3 is 2.32 bits per heavy atom. The van der Waals surface area contributed by atoms with Gasteiger partial charge < -0.3 is 21.3 Å². The summed E-state index contributed by atoms with van der Waals surface area (Å²) in [7, 11) is 0. The van der Waals surface area contributed by atoms with Crippen molar-refractivity contribution < 1.29 is 9.59 Å². The van der Waals surface area contributed by atoms with Gasteiger partial charge in [0.25, 0.3) is 5.91 Å². The number of anilines is 1. The third-order valence-electron chi connectivity index (χ3n) is 3.33. The maximum absolute atomic E-state index is 11.8. The van der Waals surface area contributed by atoms with Gasteiger partial charge in [-0.1, -0.05) is 0 Å². The van der Waals surface area contributed by atoms with Crippen molar-refractivity contribution in [3.05, 3.63) is 23.9 Å². The first-order valence-corrected chi connectivity index (χ1v) is 6.55. The first-order valence-electron chi connectivity index (χ1n) is 6.55. The molecule has 1 aliphatic rings. The van der Waals surface area contributed by atoms with Gasteiger partial charge in [-0.2, -0.15) is 0 Å². The Kier molecular flexibility index (Phi) is 8.15. The van der Waals surface area contributed by atoms with Gasteiger partial charge in [0, 0.05) is 32.4 Å². The lowest BCUT2D eigenvalue weighted by Crippen LogP contribution is -2.53. The van der Waals surface area contributed by atoms with Gasteiger partial charge in [-0.05, 0) is 19.1 Å². The second-order valence-electron chi connectivity index (χ2n) is 4.84. The molecule has 1 aromatic rings. The van der Waals surface area contributed by atoms with E-state index in [-0.39, 0.29) is 30.7 Å². The number of nitrogens with zero attached hydrogens (tertiary/aromatic N) is 3. The second-order valence-corrected chi connectivity index (χ2v) is 4.84. The van der Waals surface area contributed by atoms with Crippen molar-refractivity contribution in [2.75, 3.05) is 31.1 Å². The van der Waals surface area contributed by atoms with Gasteiger partial charge in [0.2, 0.25) is 5.91 Å². The highest BCUT2D eigenvalue weighted by atomic mass is 35.5. The average molecular weight is 350 g/mol. The molecule has 7 nitrogen and oxygen atoms in total. The lowest BCUT2D eigenvalue weighted by molar-refractivity contribution is -0.132. The lowest BCUT2D eigenvalue weighted by atomic mass is 10.2. The van der Waals surface area contributed by atoms with Crippen LogP contribution in [0.4, 0.5) is 5.82 Å². The fraction of sp³-hybridized carbons (Fsp3) is 0.462. The summed E-state index contributed by atoms with van der Waals surface area (Å²) in [4.78, 5) is 31.1. The molecule has 0 bridgehead atoms. The number of carbonyl (C=O) groups excluding carboxylic acids is 2. The van der Waals surface area contributed by atoms with E-state index in [1.54, 1.807) is 30.2 Å². The van der Waals surface area contributed by atoms with Crippen molar-refractivity contribution in [1.82, 2.24) is 9.88 Å². The Bertz CT molecular complexity index is 519. The summed E-state index contributed by atoms with van der Waals surface area (Å²) >= 11 is 0. The highest BCUT2D eigenvalue weighted by Crippen LogP contribution is 2.18. The summed E-state index contributed by atoms with van der Waals surface area (Å²) in [5.74, 6) is 0.0240. The van der Waals surface area contributed by atoms with E-state index < -0.39 is 11.9 Å². The smallest absolute Gasteiger partial charge is 0.252 e. The number of piperazine rings is 1. The number of primary amides is 1. The largest absolute Gasteiger partial charge is 0.365 e. The molecule has 124 valence electrons. The summed E-state index contributed by atoms with van der Waals surface area (Å²) in [5, 5.41) is 0. The van der Waals surface area contributed by atoms with Crippen molar-refractivity contribution in [2.24, 2.45) is 11.5 Å². The predicted octanol–water partition coefficient (Wildman–Crippen LogP) is 0.0199. The molecule has 1 aliphatic heterocycles. The van der Waals surface area contributed by atoms with E-state index in [4.69, 9.17) is 11.5 Å². The zero-order chi connectivity index (χ0) is 14.7. The molecule has 1 aromatic heterocycles. The van der Waals surface area contributed by atoms with Crippen LogP contribution in [0, 0.1) is 0 Å². The van der Waals surface area contributed by atoms with Crippen molar-refractivity contribution >= 4 is 42.4 Å². The van der Waals surface area contributed by atoms with E-state index in [9.17, 15) is 9.59 Å². The van der Waals surface area contributed by atoms with E-state index in [0.717, 1.165) is 0 Å². The minimum atomic E-state index is -0.498. The van der Waals surface area contributed by atoms with Crippen LogP contribution in [0.5, 0.6) is 0 Å². The van der Waals surface area contributed by atoms with Crippen LogP contribution in [0.15, 0.2) is 18.3 Å². The zero-order valence-corrected chi connectivity index (χ0v) is 13.9. The van der Waals surface area contributed by atoms with Crippen LogP contribution in [-0.2, 0) is 4.79 Å². The summed E-state index contributed by atoms with van der Waals surface area (Å²) in [6.45, 7) is 4.02. The number of hydrogen-bond acceptors (Lipinski definition) is 5. The van der Waals surface area contributed by atoms with Gasteiger partial charge in [-0.3, -0.25) is 9.59 Å². The van der Waals surface area contributed by atoms with E-state index in [2.05, 4.69) is 4.98 Å². The van der Waals surface area contributed by atoms with Gasteiger partial charge >= 0.3 is 0 Å². The summed E-state index contributed by atoms with van der Waals surface area (Å²) < 4.78 is 0. The molecule has 0 spiro atoms. The van der Waals surface area contributed by atoms with Crippen molar-refractivity contribution in [2.45, 2.75) is 13.0 Å². The summed E-state index contributed by atoms with van der Waals surface area (Å²) in [6, 6.07) is 2.85. The number of carbonyl (C=O) groups is 2. The first kappa shape index (κ1) is 20.4. The Balaban J connectivity index is 0.00000220. The van der Waals surface area contributed by atoms with Crippen LogP contribution in [0.25, 0.3) is 0 Å². The van der Waals surface area contributed by atoms with Gasteiger partial charge in [0.15, 0.2) is 0 Å². The third-order valence-corrected chi connectivity index (χ3v) is 3.33. The van der Waals surface area contributed by atoms with Crippen molar-refractivity contribution in [3.8, 4) is 0 Å². The third kappa shape index (κ3) is 4.46. The van der Waals surface area contributed by atoms with Crippen LogP contribution >= 0.6 is 24.8 Å². The number of rotatable bonds is 3. The van der Waals surface area contributed by atoms with Crippen molar-refractivity contribution in [3.63, 3.8) is 0 Å². The quantitative estimate of drug-likeness (QED) is 0.800. The number of nitrogens with two attached hydrogens (primary N) is 2. The molecule has 1 atom stereocenters. The highest BCUT2D eigenvalue weighted by molar-refractivity contribution is 5.97. The fourth-order valence-electron chi connectivity index (χ4n) is 2.27. The molecule has 0 aromatic carbocycles. The molecular weight excluding hydrogens is 329 g/mol. The minimum Gasteiger partial charge on any atom is -0.365 e. The molecule has 9 heteroatoms. The van der Waals surface area contributed by atoms with Gasteiger partial charge in [-0.25, -0.2) is 4.98 Å². The van der Waals surface area contributed by atoms with E-state index in [0.29, 0.717) is 37.6 Å². The predicted molar refractivity (Wildman–Crippen MR) is 89.7 cm³/mol. The molecule has 2 rings (SSSR count). The van der Waals surface area contributed by atoms with E-state index >= 15 is 0 Å². The highest BCUT2D eigenvalue weighted by Gasteiger charge is 2.25. The summed E-state index contributed by atoms with van der Waals surface area (Å²) in [6.07, 6.45) is 1.63. The molecule has 2 amide bonds. The standard InChI is InChI=1S/C13H19N5O2.2ClH/c1-9(14)13(20)18-7-5-17(6-8-18)12-10(11(15)19)3-2-4-16-12;;/h2-4,9H,5-8,14H2,1H3,(H2,15,19);2*1H/t9-;;/m1../s1. The fourth-order valence-corrected chi connectivity index (χ4v) is 2.27. The molecule has 0 aliphatic carbocycles. The minimum absolute atomic E-state index is 0. The number of aromatic nitrogens is 1. The normalized spacial score (nSPS) is 15.4. The number of pyridine rings is 1. The SMILES string of the molecule is C[C@@H](N)C(=O)N1CCN(c2ncccc2C(N)=O)CC1.Cl.Cl. The molecule has 0 radical (unpaired) electrons. The maximum Gasteiger partial charge on any atom is 0.252 e. The van der Waals surface area contributed by atoms with Crippen molar-refractivity contribution in [1.29, 1.82) is 0 Å². The van der Waals surface area contributed by atoms with E-state index in [1.165, 1.54) is 0 Å². The molecule has 2 heterocycles. The van der Waals surface area contributed by atoms with Crippen LogP contribution < -0.4 is 16.4 Å². The zero-order valence-electron chi connectivity index (χ0n) is 12.3. The molecule has 0 saturated carbocycles. The lowest BCUT2D eigenvalue weighted by Gasteiger charge is -2.36. The molecular formula is C13H21Cl2N5O2. The molecule has 4 N–H and O–H groups in total. The van der Waals surface area contributed by atoms with Gasteiger partial charge in [0.05, 0.1) is 11.6 Å². The Labute approximate surface area is 141 Å². The number of amides is 2. The Morgan fingerprint density at radius 1 is 1.23 bits per heavy atom. The monoisotopic (exact) mass is 349 g/mol. The van der Waals surface area contributed by atoms with Gasteiger partial charge in [0.1, 0.15) is 5.82 Å². The Hall–Kier alpha value is -1.57. The van der Waals surface area contributed by atoms with E-state index in [1.807, 2.05) is 4.90 Å². The van der Waals surface area contributed by atoms with Crippen LogP contribution in [-0.4, -0.2) is 53.9 Å². The number of halogens is 2. The number of hydrogen-bond donors (Lipinski definition) is 2. The Morgan fingerprint density at radius 2 is 1.82 bits per heavy atom. The maximum atomic E-state index is 11.8. The molecule has 22 heavy (non-hydrogen) atoms. The molecule has 1 fully saturated rings. The molecule has 0 unspecified atom stereocenters.